The van der Waals surface area contributed by atoms with Crippen molar-refractivity contribution in [2.45, 2.75) is 26.2 Å². The smallest absolute Gasteiger partial charge is 0.325 e. The van der Waals surface area contributed by atoms with Gasteiger partial charge in [-0.15, -0.1) is 0 Å². The molecule has 0 fully saturated rings. The van der Waals surface area contributed by atoms with Gasteiger partial charge < -0.3 is 14.8 Å². The van der Waals surface area contributed by atoms with Crippen LogP contribution in [0.4, 0.5) is 0 Å². The van der Waals surface area contributed by atoms with Crippen molar-refractivity contribution in [3.8, 4) is 5.75 Å². The standard InChI is InChI=1S/C24H26N2O6/c1-2-3-14-31-18-11-9-17(10-12-18)22(28)25-16-21(27)32-15-6-13-26-23(29)19-7-4-5-8-20(19)24(26)30/h4-5,7-12H,2-3,6,13-16H2,1H3,(H,25,28). The molecule has 2 aromatic carbocycles. The maximum absolute atomic E-state index is 12.3. The lowest BCUT2D eigenvalue weighted by molar-refractivity contribution is -0.142. The van der Waals surface area contributed by atoms with Gasteiger partial charge in [-0.2, -0.15) is 0 Å². The first-order valence-electron chi connectivity index (χ1n) is 10.6. The van der Waals surface area contributed by atoms with Gasteiger partial charge in [-0.1, -0.05) is 25.5 Å². The van der Waals surface area contributed by atoms with Crippen LogP contribution >= 0.6 is 0 Å². The van der Waals surface area contributed by atoms with E-state index in [1.54, 1.807) is 48.5 Å². The molecule has 0 spiro atoms. The molecule has 0 saturated carbocycles. The molecule has 3 amide bonds. The number of nitrogens with one attached hydrogen (secondary N) is 1. The van der Waals surface area contributed by atoms with Crippen molar-refractivity contribution in [3.63, 3.8) is 0 Å². The number of hydrogen-bond acceptors (Lipinski definition) is 6. The van der Waals surface area contributed by atoms with Crippen molar-refractivity contribution in [2.75, 3.05) is 26.3 Å². The van der Waals surface area contributed by atoms with E-state index in [1.165, 1.54) is 0 Å². The van der Waals surface area contributed by atoms with E-state index in [-0.39, 0.29) is 31.5 Å². The summed E-state index contributed by atoms with van der Waals surface area (Å²) in [6, 6.07) is 13.3. The minimum absolute atomic E-state index is 0.0336. The van der Waals surface area contributed by atoms with Gasteiger partial charge in [0.2, 0.25) is 0 Å². The number of rotatable bonds is 11. The van der Waals surface area contributed by atoms with Gasteiger partial charge in [0, 0.05) is 12.1 Å². The Hall–Kier alpha value is -3.68. The van der Waals surface area contributed by atoms with E-state index in [4.69, 9.17) is 9.47 Å². The fourth-order valence-corrected chi connectivity index (χ4v) is 3.19. The zero-order valence-electron chi connectivity index (χ0n) is 18.0. The maximum Gasteiger partial charge on any atom is 0.325 e. The lowest BCUT2D eigenvalue weighted by atomic mass is 10.1. The molecule has 0 aliphatic carbocycles. The zero-order valence-corrected chi connectivity index (χ0v) is 18.0. The summed E-state index contributed by atoms with van der Waals surface area (Å²) in [6.45, 7) is 2.61. The van der Waals surface area contributed by atoms with E-state index in [9.17, 15) is 19.2 Å². The Labute approximate surface area is 186 Å². The zero-order chi connectivity index (χ0) is 22.9. The molecule has 0 aromatic heterocycles. The predicted octanol–water partition coefficient (Wildman–Crippen LogP) is 2.82. The number of fused-ring (bicyclic) bond motifs is 1. The number of imide groups is 1. The fraction of sp³-hybridized carbons (Fsp3) is 0.333. The van der Waals surface area contributed by atoms with Crippen LogP contribution in [0.5, 0.6) is 5.75 Å². The first-order valence-corrected chi connectivity index (χ1v) is 10.6. The monoisotopic (exact) mass is 438 g/mol. The Morgan fingerprint density at radius 1 is 0.906 bits per heavy atom. The normalized spacial score (nSPS) is 12.5. The highest BCUT2D eigenvalue weighted by Gasteiger charge is 2.34. The molecule has 0 saturated heterocycles. The third-order valence-electron chi connectivity index (χ3n) is 4.94. The van der Waals surface area contributed by atoms with E-state index in [2.05, 4.69) is 12.2 Å². The number of unbranched alkanes of at least 4 members (excludes halogenated alkanes) is 1. The number of carbonyl (C=O) groups excluding carboxylic acids is 4. The Balaban J connectivity index is 1.35. The Morgan fingerprint density at radius 3 is 2.19 bits per heavy atom. The summed E-state index contributed by atoms with van der Waals surface area (Å²) in [7, 11) is 0. The molecule has 3 rings (SSSR count). The summed E-state index contributed by atoms with van der Waals surface area (Å²) in [4.78, 5) is 49.7. The van der Waals surface area contributed by atoms with Gasteiger partial charge >= 0.3 is 5.97 Å². The molecule has 0 atom stereocenters. The van der Waals surface area contributed by atoms with Gasteiger partial charge in [0.1, 0.15) is 12.3 Å². The number of esters is 1. The van der Waals surface area contributed by atoms with Crippen molar-refractivity contribution < 1.29 is 28.7 Å². The van der Waals surface area contributed by atoms with Gasteiger partial charge in [0.05, 0.1) is 24.3 Å². The molecule has 0 bridgehead atoms. The topological polar surface area (TPSA) is 102 Å². The lowest BCUT2D eigenvalue weighted by Gasteiger charge is -2.13. The van der Waals surface area contributed by atoms with Crippen molar-refractivity contribution in [1.29, 1.82) is 0 Å². The van der Waals surface area contributed by atoms with Crippen molar-refractivity contribution in [1.82, 2.24) is 10.2 Å². The first-order chi connectivity index (χ1) is 15.5. The van der Waals surface area contributed by atoms with Gasteiger partial charge in [-0.25, -0.2) is 0 Å². The van der Waals surface area contributed by atoms with Crippen LogP contribution in [0.1, 0.15) is 57.3 Å². The highest BCUT2D eigenvalue weighted by Crippen LogP contribution is 2.22. The molecular weight excluding hydrogens is 412 g/mol. The third kappa shape index (κ3) is 5.72. The second-order valence-corrected chi connectivity index (χ2v) is 7.29. The summed E-state index contributed by atoms with van der Waals surface area (Å²) < 4.78 is 10.6. The molecule has 8 nitrogen and oxygen atoms in total. The summed E-state index contributed by atoms with van der Waals surface area (Å²) in [5, 5.41) is 2.51. The Morgan fingerprint density at radius 2 is 1.56 bits per heavy atom. The third-order valence-corrected chi connectivity index (χ3v) is 4.94. The molecule has 0 radical (unpaired) electrons. The van der Waals surface area contributed by atoms with Gasteiger partial charge in [0.25, 0.3) is 17.7 Å². The van der Waals surface area contributed by atoms with Crippen LogP contribution in [-0.4, -0.2) is 54.9 Å². The molecule has 0 unspecified atom stereocenters. The van der Waals surface area contributed by atoms with Crippen LogP contribution in [0, 0.1) is 0 Å². The van der Waals surface area contributed by atoms with Crippen molar-refractivity contribution in [3.05, 3.63) is 65.2 Å². The van der Waals surface area contributed by atoms with Gasteiger partial charge in [0.15, 0.2) is 0 Å². The van der Waals surface area contributed by atoms with Gasteiger partial charge in [-0.3, -0.25) is 24.1 Å². The Kier molecular flexibility index (Phi) is 7.96. The largest absolute Gasteiger partial charge is 0.494 e. The summed E-state index contributed by atoms with van der Waals surface area (Å²) in [5.74, 6) is -0.988. The first kappa shape index (κ1) is 23.0. The minimum Gasteiger partial charge on any atom is -0.494 e. The summed E-state index contributed by atoms with van der Waals surface area (Å²) in [6.07, 6.45) is 2.31. The van der Waals surface area contributed by atoms with Gasteiger partial charge in [-0.05, 0) is 49.2 Å². The molecular formula is C24H26N2O6. The molecule has 1 heterocycles. The molecule has 1 aliphatic rings. The Bertz CT molecular complexity index is 951. The molecule has 168 valence electrons. The molecule has 32 heavy (non-hydrogen) atoms. The van der Waals surface area contributed by atoms with Crippen molar-refractivity contribution >= 4 is 23.7 Å². The highest BCUT2D eigenvalue weighted by atomic mass is 16.5. The number of hydrogen-bond donors (Lipinski definition) is 1. The number of amides is 3. The molecule has 2 aromatic rings. The second-order valence-electron chi connectivity index (χ2n) is 7.29. The SMILES string of the molecule is CCCCOc1ccc(C(=O)NCC(=O)OCCCN2C(=O)c3ccccc3C2=O)cc1. The van der Waals surface area contributed by atoms with Crippen molar-refractivity contribution in [2.24, 2.45) is 0 Å². The van der Waals surface area contributed by atoms with Crippen LogP contribution in [-0.2, 0) is 9.53 Å². The highest BCUT2D eigenvalue weighted by molar-refractivity contribution is 6.21. The van der Waals surface area contributed by atoms with E-state index in [0.717, 1.165) is 17.7 Å². The fourth-order valence-electron chi connectivity index (χ4n) is 3.19. The van der Waals surface area contributed by atoms with Crippen LogP contribution in [0.15, 0.2) is 48.5 Å². The molecule has 8 heteroatoms. The van der Waals surface area contributed by atoms with E-state index in [1.807, 2.05) is 0 Å². The van der Waals surface area contributed by atoms with E-state index < -0.39 is 11.9 Å². The lowest BCUT2D eigenvalue weighted by Crippen LogP contribution is -2.33. The van der Waals surface area contributed by atoms with Crippen LogP contribution in [0.2, 0.25) is 0 Å². The maximum atomic E-state index is 12.3. The predicted molar refractivity (Wildman–Crippen MR) is 117 cm³/mol. The molecule has 1 N–H and O–H groups in total. The average Bonchev–Trinajstić information content (AvgIpc) is 3.05. The minimum atomic E-state index is -0.597. The number of nitrogens with zero attached hydrogens (tertiary/aromatic N) is 1. The van der Waals surface area contributed by atoms with Crippen LogP contribution in [0.3, 0.4) is 0 Å². The quantitative estimate of drug-likeness (QED) is 0.329. The van der Waals surface area contributed by atoms with Crippen LogP contribution < -0.4 is 10.1 Å². The average molecular weight is 438 g/mol. The van der Waals surface area contributed by atoms with Crippen LogP contribution in [0.25, 0.3) is 0 Å². The number of carbonyl (C=O) groups is 4. The second kappa shape index (κ2) is 11.1. The number of benzene rings is 2. The summed E-state index contributed by atoms with van der Waals surface area (Å²) >= 11 is 0. The van der Waals surface area contributed by atoms with E-state index >= 15 is 0 Å². The summed E-state index contributed by atoms with van der Waals surface area (Å²) in [5.41, 5.74) is 1.18. The number of ether oxygens (including phenoxy) is 2. The van der Waals surface area contributed by atoms with E-state index in [0.29, 0.717) is 35.5 Å². The molecule has 1 aliphatic heterocycles.